The SMILES string of the molecule is CCCC(NC(=O)NCc1ccc(F)cc1)C(=O)N(C)CCNC. The molecule has 134 valence electrons. The van der Waals surface area contributed by atoms with Gasteiger partial charge in [0.15, 0.2) is 0 Å². The maximum absolute atomic E-state index is 12.8. The minimum atomic E-state index is -0.551. The van der Waals surface area contributed by atoms with Crippen molar-refractivity contribution in [2.75, 3.05) is 27.2 Å². The van der Waals surface area contributed by atoms with Crippen LogP contribution < -0.4 is 16.0 Å². The highest BCUT2D eigenvalue weighted by atomic mass is 19.1. The number of nitrogens with one attached hydrogen (secondary N) is 3. The lowest BCUT2D eigenvalue weighted by Crippen LogP contribution is -2.51. The van der Waals surface area contributed by atoms with E-state index in [-0.39, 0.29) is 18.3 Å². The van der Waals surface area contributed by atoms with E-state index in [0.717, 1.165) is 12.0 Å². The molecule has 7 heteroatoms. The number of carbonyl (C=O) groups is 2. The Balaban J connectivity index is 2.52. The summed E-state index contributed by atoms with van der Waals surface area (Å²) in [5.41, 5.74) is 0.788. The van der Waals surface area contributed by atoms with E-state index >= 15 is 0 Å². The fourth-order valence-corrected chi connectivity index (χ4v) is 2.20. The van der Waals surface area contributed by atoms with Crippen LogP contribution in [0.5, 0.6) is 0 Å². The van der Waals surface area contributed by atoms with Crippen LogP contribution in [-0.4, -0.2) is 50.1 Å². The van der Waals surface area contributed by atoms with E-state index in [1.54, 1.807) is 24.1 Å². The molecule has 6 nitrogen and oxygen atoms in total. The molecule has 0 saturated heterocycles. The Bertz CT molecular complexity index is 522. The summed E-state index contributed by atoms with van der Waals surface area (Å²) in [6, 6.07) is 4.94. The van der Waals surface area contributed by atoms with E-state index < -0.39 is 12.1 Å². The van der Waals surface area contributed by atoms with Gasteiger partial charge in [0.1, 0.15) is 11.9 Å². The average Bonchev–Trinajstić information content (AvgIpc) is 2.58. The van der Waals surface area contributed by atoms with Crippen LogP contribution >= 0.6 is 0 Å². The van der Waals surface area contributed by atoms with Crippen LogP contribution in [0.25, 0.3) is 0 Å². The number of nitrogens with zero attached hydrogens (tertiary/aromatic N) is 1. The first-order valence-corrected chi connectivity index (χ1v) is 8.16. The third kappa shape index (κ3) is 6.95. The zero-order chi connectivity index (χ0) is 17.9. The molecule has 0 saturated carbocycles. The monoisotopic (exact) mass is 338 g/mol. The van der Waals surface area contributed by atoms with E-state index in [0.29, 0.717) is 19.5 Å². The second kappa shape index (κ2) is 10.6. The molecule has 1 unspecified atom stereocenters. The molecular formula is C17H27FN4O2. The highest BCUT2D eigenvalue weighted by Crippen LogP contribution is 2.03. The molecule has 3 N–H and O–H groups in total. The fourth-order valence-electron chi connectivity index (χ4n) is 2.20. The molecule has 1 aromatic rings. The summed E-state index contributed by atoms with van der Waals surface area (Å²) < 4.78 is 12.8. The number of amides is 3. The topological polar surface area (TPSA) is 73.5 Å². The highest BCUT2D eigenvalue weighted by Gasteiger charge is 2.22. The highest BCUT2D eigenvalue weighted by molar-refractivity contribution is 5.86. The van der Waals surface area contributed by atoms with Gasteiger partial charge >= 0.3 is 6.03 Å². The number of rotatable bonds is 9. The molecular weight excluding hydrogens is 311 g/mol. The Hall–Kier alpha value is -2.15. The van der Waals surface area contributed by atoms with Crippen molar-refractivity contribution in [3.05, 3.63) is 35.6 Å². The first kappa shape index (κ1) is 19.9. The molecule has 0 aliphatic heterocycles. The summed E-state index contributed by atoms with van der Waals surface area (Å²) in [5.74, 6) is -0.426. The number of urea groups is 1. The van der Waals surface area contributed by atoms with Crippen molar-refractivity contribution < 1.29 is 14.0 Å². The van der Waals surface area contributed by atoms with Crippen LogP contribution in [0.4, 0.5) is 9.18 Å². The van der Waals surface area contributed by atoms with Crippen molar-refractivity contribution in [1.82, 2.24) is 20.9 Å². The maximum atomic E-state index is 12.8. The second-order valence-electron chi connectivity index (χ2n) is 5.66. The molecule has 1 atom stereocenters. The normalized spacial score (nSPS) is 11.7. The maximum Gasteiger partial charge on any atom is 0.315 e. The minimum absolute atomic E-state index is 0.107. The summed E-state index contributed by atoms with van der Waals surface area (Å²) in [7, 11) is 3.55. The molecule has 0 spiro atoms. The first-order valence-electron chi connectivity index (χ1n) is 8.16. The van der Waals surface area contributed by atoms with E-state index in [9.17, 15) is 14.0 Å². The minimum Gasteiger partial charge on any atom is -0.343 e. The Morgan fingerprint density at radius 2 is 1.92 bits per heavy atom. The van der Waals surface area contributed by atoms with E-state index in [4.69, 9.17) is 0 Å². The fraction of sp³-hybridized carbons (Fsp3) is 0.529. The number of hydrogen-bond acceptors (Lipinski definition) is 3. The van der Waals surface area contributed by atoms with Crippen molar-refractivity contribution >= 4 is 11.9 Å². The van der Waals surface area contributed by atoms with Crippen molar-refractivity contribution in [3.8, 4) is 0 Å². The van der Waals surface area contributed by atoms with Crippen LogP contribution in [0.15, 0.2) is 24.3 Å². The smallest absolute Gasteiger partial charge is 0.315 e. The Morgan fingerprint density at radius 1 is 1.25 bits per heavy atom. The zero-order valence-electron chi connectivity index (χ0n) is 14.6. The molecule has 0 aliphatic rings. The lowest BCUT2D eigenvalue weighted by molar-refractivity contribution is -0.132. The van der Waals surface area contributed by atoms with Crippen LogP contribution in [0, 0.1) is 5.82 Å². The summed E-state index contributed by atoms with van der Waals surface area (Å²) in [6.07, 6.45) is 1.36. The number of benzene rings is 1. The molecule has 0 aliphatic carbocycles. The molecule has 1 rings (SSSR count). The summed E-state index contributed by atoms with van der Waals surface area (Å²) in [5, 5.41) is 8.40. The lowest BCUT2D eigenvalue weighted by Gasteiger charge is -2.24. The third-order valence-corrected chi connectivity index (χ3v) is 3.62. The number of hydrogen-bond donors (Lipinski definition) is 3. The molecule has 3 amide bonds. The van der Waals surface area contributed by atoms with E-state index in [2.05, 4.69) is 16.0 Å². The van der Waals surface area contributed by atoms with Gasteiger partial charge in [-0.3, -0.25) is 4.79 Å². The van der Waals surface area contributed by atoms with E-state index in [1.807, 2.05) is 14.0 Å². The van der Waals surface area contributed by atoms with Gasteiger partial charge in [0.05, 0.1) is 0 Å². The van der Waals surface area contributed by atoms with Gasteiger partial charge in [-0.1, -0.05) is 25.5 Å². The van der Waals surface area contributed by atoms with Gasteiger partial charge in [-0.15, -0.1) is 0 Å². The molecule has 0 aromatic heterocycles. The summed E-state index contributed by atoms with van der Waals surface area (Å²) in [6.45, 7) is 3.51. The second-order valence-corrected chi connectivity index (χ2v) is 5.66. The van der Waals surface area contributed by atoms with Gasteiger partial charge in [0.25, 0.3) is 0 Å². The Morgan fingerprint density at radius 3 is 2.50 bits per heavy atom. The lowest BCUT2D eigenvalue weighted by atomic mass is 10.1. The quantitative estimate of drug-likeness (QED) is 0.638. The molecule has 0 radical (unpaired) electrons. The zero-order valence-corrected chi connectivity index (χ0v) is 14.6. The van der Waals surface area contributed by atoms with Gasteiger partial charge in [-0.05, 0) is 31.2 Å². The Kier molecular flexibility index (Phi) is 8.78. The van der Waals surface area contributed by atoms with Crippen LogP contribution in [0.2, 0.25) is 0 Å². The standard InChI is InChI=1S/C17H27FN4O2/c1-4-5-15(16(23)22(3)11-10-19-2)21-17(24)20-12-13-6-8-14(18)9-7-13/h6-9,15,19H,4-5,10-12H2,1-3H3,(H2,20,21,24). The molecule has 0 bridgehead atoms. The van der Waals surface area contributed by atoms with Crippen molar-refractivity contribution in [3.63, 3.8) is 0 Å². The number of likely N-dealkylation sites (N-methyl/N-ethyl adjacent to an activating group) is 2. The average molecular weight is 338 g/mol. The van der Waals surface area contributed by atoms with Crippen LogP contribution in [-0.2, 0) is 11.3 Å². The molecule has 1 aromatic carbocycles. The molecule has 0 heterocycles. The predicted molar refractivity (Wildman–Crippen MR) is 92.0 cm³/mol. The van der Waals surface area contributed by atoms with Crippen molar-refractivity contribution in [2.45, 2.75) is 32.4 Å². The van der Waals surface area contributed by atoms with Gasteiger partial charge in [0.2, 0.25) is 5.91 Å². The van der Waals surface area contributed by atoms with Gasteiger partial charge in [-0.2, -0.15) is 0 Å². The van der Waals surface area contributed by atoms with Gasteiger partial charge in [0, 0.05) is 26.7 Å². The summed E-state index contributed by atoms with van der Waals surface area (Å²) >= 11 is 0. The number of halogens is 1. The van der Waals surface area contributed by atoms with Crippen LogP contribution in [0.1, 0.15) is 25.3 Å². The first-order chi connectivity index (χ1) is 11.5. The Labute approximate surface area is 142 Å². The predicted octanol–water partition coefficient (Wildman–Crippen LogP) is 1.47. The van der Waals surface area contributed by atoms with Gasteiger partial charge < -0.3 is 20.9 Å². The largest absolute Gasteiger partial charge is 0.343 e. The van der Waals surface area contributed by atoms with Crippen molar-refractivity contribution in [2.24, 2.45) is 0 Å². The molecule has 0 fully saturated rings. The third-order valence-electron chi connectivity index (χ3n) is 3.62. The van der Waals surface area contributed by atoms with Crippen molar-refractivity contribution in [1.29, 1.82) is 0 Å². The number of carbonyl (C=O) groups excluding carboxylic acids is 2. The summed E-state index contributed by atoms with van der Waals surface area (Å²) in [4.78, 5) is 26.0. The molecule has 24 heavy (non-hydrogen) atoms. The van der Waals surface area contributed by atoms with E-state index in [1.165, 1.54) is 12.1 Å². The van der Waals surface area contributed by atoms with Gasteiger partial charge in [-0.25, -0.2) is 9.18 Å². The van der Waals surface area contributed by atoms with Crippen LogP contribution in [0.3, 0.4) is 0 Å².